The molecular formula is C14H18O5. The summed E-state index contributed by atoms with van der Waals surface area (Å²) in [7, 11) is 4.43. The van der Waals surface area contributed by atoms with E-state index in [-0.39, 0.29) is 11.6 Å². The molecule has 0 aliphatic rings. The molecule has 0 N–H and O–H groups in total. The van der Waals surface area contributed by atoms with Crippen molar-refractivity contribution in [2.45, 2.75) is 13.8 Å². The number of ketones is 2. The van der Waals surface area contributed by atoms with Crippen LogP contribution in [0.25, 0.3) is 0 Å². The smallest absolute Gasteiger partial charge is 0.203 e. The maximum atomic E-state index is 12.1. The highest BCUT2D eigenvalue weighted by atomic mass is 16.5. The third kappa shape index (κ3) is 3.05. The maximum absolute atomic E-state index is 12.1. The first-order valence-corrected chi connectivity index (χ1v) is 5.80. The molecule has 1 unspecified atom stereocenters. The topological polar surface area (TPSA) is 61.8 Å². The van der Waals surface area contributed by atoms with Gasteiger partial charge in [0.15, 0.2) is 17.3 Å². The lowest BCUT2D eigenvalue weighted by Crippen LogP contribution is -2.18. The lowest BCUT2D eigenvalue weighted by Gasteiger charge is -2.14. The number of hydrogen-bond donors (Lipinski definition) is 0. The Bertz CT molecular complexity index is 468. The zero-order valence-corrected chi connectivity index (χ0v) is 11.8. The van der Waals surface area contributed by atoms with Crippen LogP contribution in [0.15, 0.2) is 12.1 Å². The van der Waals surface area contributed by atoms with Crippen molar-refractivity contribution >= 4 is 11.6 Å². The lowest BCUT2D eigenvalue weighted by molar-refractivity contribution is -0.118. The molecule has 0 aromatic heterocycles. The second-order valence-electron chi connectivity index (χ2n) is 4.11. The highest BCUT2D eigenvalue weighted by Gasteiger charge is 2.23. The van der Waals surface area contributed by atoms with E-state index < -0.39 is 5.92 Å². The molecular weight excluding hydrogens is 248 g/mol. The number of benzene rings is 1. The average Bonchev–Trinajstić information content (AvgIpc) is 2.43. The van der Waals surface area contributed by atoms with Gasteiger partial charge in [0.25, 0.3) is 0 Å². The largest absolute Gasteiger partial charge is 0.493 e. The van der Waals surface area contributed by atoms with Crippen LogP contribution < -0.4 is 14.2 Å². The fourth-order valence-electron chi connectivity index (χ4n) is 1.66. The molecule has 0 bridgehead atoms. The van der Waals surface area contributed by atoms with Crippen molar-refractivity contribution < 1.29 is 23.8 Å². The Morgan fingerprint density at radius 2 is 1.47 bits per heavy atom. The van der Waals surface area contributed by atoms with Crippen molar-refractivity contribution in [3.63, 3.8) is 0 Å². The van der Waals surface area contributed by atoms with Crippen LogP contribution in [0.5, 0.6) is 17.2 Å². The molecule has 0 saturated heterocycles. The first-order valence-electron chi connectivity index (χ1n) is 5.80. The van der Waals surface area contributed by atoms with E-state index in [1.54, 1.807) is 19.1 Å². The number of Topliss-reactive ketones (excluding diaryl/α,β-unsaturated/α-hetero) is 2. The summed E-state index contributed by atoms with van der Waals surface area (Å²) < 4.78 is 15.5. The molecule has 104 valence electrons. The highest BCUT2D eigenvalue weighted by molar-refractivity contribution is 6.10. The third-order valence-corrected chi connectivity index (χ3v) is 2.95. The molecule has 1 rings (SSSR count). The Balaban J connectivity index is 3.30. The van der Waals surface area contributed by atoms with Gasteiger partial charge in [0.1, 0.15) is 5.78 Å². The second-order valence-corrected chi connectivity index (χ2v) is 4.11. The molecule has 0 aliphatic carbocycles. The summed E-state index contributed by atoms with van der Waals surface area (Å²) >= 11 is 0. The highest BCUT2D eigenvalue weighted by Crippen LogP contribution is 2.38. The van der Waals surface area contributed by atoms with Crippen LogP contribution >= 0.6 is 0 Å². The number of rotatable bonds is 6. The minimum absolute atomic E-state index is 0.182. The van der Waals surface area contributed by atoms with Crippen LogP contribution in [0, 0.1) is 5.92 Å². The van der Waals surface area contributed by atoms with Crippen LogP contribution in [-0.2, 0) is 4.79 Å². The molecule has 0 radical (unpaired) electrons. The molecule has 0 aliphatic heterocycles. The van der Waals surface area contributed by atoms with Crippen LogP contribution in [-0.4, -0.2) is 32.9 Å². The molecule has 0 amide bonds. The van der Waals surface area contributed by atoms with Gasteiger partial charge in [-0.2, -0.15) is 0 Å². The van der Waals surface area contributed by atoms with Crippen LogP contribution in [0.4, 0.5) is 0 Å². The van der Waals surface area contributed by atoms with Gasteiger partial charge in [-0.05, 0) is 26.0 Å². The molecule has 0 spiro atoms. The van der Waals surface area contributed by atoms with Gasteiger partial charge in [0, 0.05) is 5.56 Å². The summed E-state index contributed by atoms with van der Waals surface area (Å²) in [6, 6.07) is 3.09. The fraction of sp³-hybridized carbons (Fsp3) is 0.429. The predicted octanol–water partition coefficient (Wildman–Crippen LogP) is 2.12. The SMILES string of the molecule is COc1cc(C(=O)C(C)C(C)=O)cc(OC)c1OC. The molecule has 1 atom stereocenters. The minimum atomic E-state index is -0.692. The van der Waals surface area contributed by atoms with Crippen LogP contribution in [0.1, 0.15) is 24.2 Å². The average molecular weight is 266 g/mol. The number of carbonyl (C=O) groups excluding carboxylic acids is 2. The lowest BCUT2D eigenvalue weighted by atomic mass is 9.96. The normalized spacial score (nSPS) is 11.6. The van der Waals surface area contributed by atoms with Crippen molar-refractivity contribution in [2.75, 3.05) is 21.3 Å². The van der Waals surface area contributed by atoms with E-state index in [1.165, 1.54) is 28.3 Å². The van der Waals surface area contributed by atoms with Crippen LogP contribution in [0.3, 0.4) is 0 Å². The van der Waals surface area contributed by atoms with Crippen molar-refractivity contribution in [1.82, 2.24) is 0 Å². The molecule has 5 nitrogen and oxygen atoms in total. The Labute approximate surface area is 112 Å². The summed E-state index contributed by atoms with van der Waals surface area (Å²) in [5.41, 5.74) is 0.359. The van der Waals surface area contributed by atoms with Gasteiger partial charge in [-0.25, -0.2) is 0 Å². The summed E-state index contributed by atoms with van der Waals surface area (Å²) in [6.45, 7) is 2.97. The van der Waals surface area contributed by atoms with Crippen molar-refractivity contribution in [2.24, 2.45) is 5.92 Å². The number of carbonyl (C=O) groups is 2. The van der Waals surface area contributed by atoms with Gasteiger partial charge in [0.05, 0.1) is 27.2 Å². The Kier molecular flexibility index (Phi) is 4.92. The van der Waals surface area contributed by atoms with Gasteiger partial charge in [-0.1, -0.05) is 0 Å². The van der Waals surface area contributed by atoms with Gasteiger partial charge < -0.3 is 14.2 Å². The zero-order valence-electron chi connectivity index (χ0n) is 11.8. The van der Waals surface area contributed by atoms with Crippen molar-refractivity contribution in [3.05, 3.63) is 17.7 Å². The van der Waals surface area contributed by atoms with Gasteiger partial charge in [0.2, 0.25) is 5.75 Å². The van der Waals surface area contributed by atoms with Crippen LogP contribution in [0.2, 0.25) is 0 Å². The minimum Gasteiger partial charge on any atom is -0.493 e. The predicted molar refractivity (Wildman–Crippen MR) is 70.3 cm³/mol. The van der Waals surface area contributed by atoms with E-state index in [1.807, 2.05) is 0 Å². The standard InChI is InChI=1S/C14H18O5/c1-8(9(2)15)13(16)10-6-11(17-3)14(19-5)12(7-10)18-4/h6-8H,1-5H3. The van der Waals surface area contributed by atoms with E-state index in [0.29, 0.717) is 22.8 Å². The molecule has 1 aromatic rings. The Morgan fingerprint density at radius 3 is 1.79 bits per heavy atom. The molecule has 1 aromatic carbocycles. The quantitative estimate of drug-likeness (QED) is 0.583. The first kappa shape index (κ1) is 15.0. The van der Waals surface area contributed by atoms with E-state index in [2.05, 4.69) is 0 Å². The van der Waals surface area contributed by atoms with Gasteiger partial charge >= 0.3 is 0 Å². The van der Waals surface area contributed by atoms with E-state index in [9.17, 15) is 9.59 Å². The number of methoxy groups -OCH3 is 3. The third-order valence-electron chi connectivity index (χ3n) is 2.95. The van der Waals surface area contributed by atoms with Gasteiger partial charge in [-0.3, -0.25) is 9.59 Å². The molecule has 19 heavy (non-hydrogen) atoms. The van der Waals surface area contributed by atoms with Gasteiger partial charge in [-0.15, -0.1) is 0 Å². The van der Waals surface area contributed by atoms with E-state index >= 15 is 0 Å². The molecule has 5 heteroatoms. The molecule has 0 fully saturated rings. The summed E-state index contributed by atoms with van der Waals surface area (Å²) in [5.74, 6) is 0.0484. The zero-order chi connectivity index (χ0) is 14.6. The Morgan fingerprint density at radius 1 is 1.00 bits per heavy atom. The first-order chi connectivity index (χ1) is 8.96. The summed E-state index contributed by atoms with van der Waals surface area (Å²) in [4.78, 5) is 23.4. The monoisotopic (exact) mass is 266 g/mol. The van der Waals surface area contributed by atoms with E-state index in [4.69, 9.17) is 14.2 Å². The number of ether oxygens (including phenoxy) is 3. The Hall–Kier alpha value is -2.04. The fourth-order valence-corrected chi connectivity index (χ4v) is 1.66. The molecule has 0 heterocycles. The van der Waals surface area contributed by atoms with Crippen molar-refractivity contribution in [1.29, 1.82) is 0 Å². The summed E-state index contributed by atoms with van der Waals surface area (Å²) in [5, 5.41) is 0. The number of hydrogen-bond acceptors (Lipinski definition) is 5. The molecule has 0 saturated carbocycles. The van der Waals surface area contributed by atoms with Crippen molar-refractivity contribution in [3.8, 4) is 17.2 Å². The second kappa shape index (κ2) is 6.22. The van der Waals surface area contributed by atoms with E-state index in [0.717, 1.165) is 0 Å². The maximum Gasteiger partial charge on any atom is 0.203 e. The summed E-state index contributed by atoms with van der Waals surface area (Å²) in [6.07, 6.45) is 0.